The highest BCUT2D eigenvalue weighted by Gasteiger charge is 2.49. The van der Waals surface area contributed by atoms with Gasteiger partial charge in [0.05, 0.1) is 0 Å². The Morgan fingerprint density at radius 3 is 2.61 bits per heavy atom. The van der Waals surface area contributed by atoms with Crippen molar-refractivity contribution in [3.63, 3.8) is 0 Å². The average Bonchev–Trinajstić information content (AvgIpc) is 2.55. The first-order chi connectivity index (χ1) is 10.9. The SMILES string of the molecule is C=C(Cl)COC(=O)C1(C)CCCN(C(=O)c2ccccc2)C1=O. The first kappa shape index (κ1) is 17.2. The van der Waals surface area contributed by atoms with Gasteiger partial charge in [0.15, 0.2) is 0 Å². The molecule has 0 aromatic heterocycles. The molecular formula is C17H18ClNO4. The molecule has 1 atom stereocenters. The number of likely N-dealkylation sites (tertiary alicyclic amines) is 1. The van der Waals surface area contributed by atoms with Gasteiger partial charge in [0.2, 0.25) is 5.91 Å². The van der Waals surface area contributed by atoms with E-state index in [0.717, 1.165) is 4.90 Å². The number of carbonyl (C=O) groups is 3. The van der Waals surface area contributed by atoms with E-state index in [-0.39, 0.29) is 18.2 Å². The van der Waals surface area contributed by atoms with Crippen LogP contribution in [0.4, 0.5) is 0 Å². The minimum absolute atomic E-state index is 0.157. The second kappa shape index (κ2) is 6.96. The molecule has 1 aliphatic rings. The van der Waals surface area contributed by atoms with Crippen LogP contribution in [-0.2, 0) is 14.3 Å². The number of halogens is 1. The molecule has 1 saturated heterocycles. The molecule has 1 unspecified atom stereocenters. The normalized spacial score (nSPS) is 21.0. The number of hydrogen-bond donors (Lipinski definition) is 0. The summed E-state index contributed by atoms with van der Waals surface area (Å²) >= 11 is 5.58. The predicted octanol–water partition coefficient (Wildman–Crippen LogP) is 2.75. The highest BCUT2D eigenvalue weighted by Crippen LogP contribution is 2.33. The summed E-state index contributed by atoms with van der Waals surface area (Å²) in [5.41, 5.74) is -0.970. The monoisotopic (exact) mass is 335 g/mol. The lowest BCUT2D eigenvalue weighted by atomic mass is 9.80. The van der Waals surface area contributed by atoms with Crippen LogP contribution in [0.5, 0.6) is 0 Å². The van der Waals surface area contributed by atoms with E-state index >= 15 is 0 Å². The van der Waals surface area contributed by atoms with Crippen LogP contribution >= 0.6 is 11.6 Å². The lowest BCUT2D eigenvalue weighted by molar-refractivity contribution is -0.165. The Balaban J connectivity index is 2.19. The summed E-state index contributed by atoms with van der Waals surface area (Å²) in [6, 6.07) is 8.51. The van der Waals surface area contributed by atoms with Crippen molar-refractivity contribution in [3.05, 3.63) is 47.5 Å². The summed E-state index contributed by atoms with van der Waals surface area (Å²) in [6.07, 6.45) is 0.871. The van der Waals surface area contributed by atoms with E-state index < -0.39 is 23.2 Å². The van der Waals surface area contributed by atoms with Gasteiger partial charge in [-0.05, 0) is 31.9 Å². The number of rotatable bonds is 4. The van der Waals surface area contributed by atoms with E-state index in [9.17, 15) is 14.4 Å². The van der Waals surface area contributed by atoms with Gasteiger partial charge in [-0.1, -0.05) is 36.4 Å². The number of esters is 1. The van der Waals surface area contributed by atoms with Crippen molar-refractivity contribution < 1.29 is 19.1 Å². The summed E-state index contributed by atoms with van der Waals surface area (Å²) in [5.74, 6) is -1.63. The van der Waals surface area contributed by atoms with Crippen LogP contribution in [0.1, 0.15) is 30.1 Å². The van der Waals surface area contributed by atoms with E-state index in [1.807, 2.05) is 0 Å². The zero-order chi connectivity index (χ0) is 17.0. The van der Waals surface area contributed by atoms with Crippen LogP contribution in [0.25, 0.3) is 0 Å². The van der Waals surface area contributed by atoms with Crippen molar-refractivity contribution >= 4 is 29.4 Å². The van der Waals surface area contributed by atoms with Crippen LogP contribution in [0.15, 0.2) is 41.9 Å². The summed E-state index contributed by atoms with van der Waals surface area (Å²) in [4.78, 5) is 38.6. The van der Waals surface area contributed by atoms with E-state index in [2.05, 4.69) is 6.58 Å². The number of ether oxygens (including phenoxy) is 1. The zero-order valence-corrected chi connectivity index (χ0v) is 13.6. The highest BCUT2D eigenvalue weighted by molar-refractivity contribution is 6.29. The van der Waals surface area contributed by atoms with Gasteiger partial charge >= 0.3 is 5.97 Å². The Bertz CT molecular complexity index is 643. The molecule has 2 rings (SSSR count). The van der Waals surface area contributed by atoms with Gasteiger partial charge in [-0.3, -0.25) is 19.3 Å². The van der Waals surface area contributed by atoms with Gasteiger partial charge in [-0.15, -0.1) is 0 Å². The molecule has 0 bridgehead atoms. The molecular weight excluding hydrogens is 318 g/mol. The Hall–Kier alpha value is -2.14. The smallest absolute Gasteiger partial charge is 0.321 e. The van der Waals surface area contributed by atoms with Crippen molar-refractivity contribution in [3.8, 4) is 0 Å². The van der Waals surface area contributed by atoms with Crippen LogP contribution in [0.2, 0.25) is 0 Å². The Morgan fingerprint density at radius 2 is 2.00 bits per heavy atom. The third kappa shape index (κ3) is 3.62. The fourth-order valence-electron chi connectivity index (χ4n) is 2.52. The van der Waals surface area contributed by atoms with Gasteiger partial charge in [-0.25, -0.2) is 0 Å². The molecule has 2 amide bonds. The lowest BCUT2D eigenvalue weighted by Gasteiger charge is -2.36. The van der Waals surface area contributed by atoms with Crippen molar-refractivity contribution in [2.45, 2.75) is 19.8 Å². The van der Waals surface area contributed by atoms with Gasteiger partial charge in [0, 0.05) is 17.1 Å². The van der Waals surface area contributed by atoms with E-state index in [1.54, 1.807) is 30.3 Å². The number of piperidine rings is 1. The molecule has 6 heteroatoms. The molecule has 1 aromatic carbocycles. The predicted molar refractivity (Wildman–Crippen MR) is 85.8 cm³/mol. The summed E-state index contributed by atoms with van der Waals surface area (Å²) < 4.78 is 5.02. The molecule has 1 heterocycles. The summed E-state index contributed by atoms with van der Waals surface area (Å²) in [5, 5.41) is 0.169. The van der Waals surface area contributed by atoms with E-state index in [0.29, 0.717) is 18.4 Å². The van der Waals surface area contributed by atoms with Crippen molar-refractivity contribution in [1.82, 2.24) is 4.90 Å². The highest BCUT2D eigenvalue weighted by atomic mass is 35.5. The third-order valence-corrected chi connectivity index (χ3v) is 3.96. The molecule has 23 heavy (non-hydrogen) atoms. The standard InChI is InChI=1S/C17H18ClNO4/c1-12(18)11-23-16(22)17(2)9-6-10-19(15(17)21)14(20)13-7-4-3-5-8-13/h3-5,7-8H,1,6,9-11H2,2H3. The maximum Gasteiger partial charge on any atom is 0.321 e. The topological polar surface area (TPSA) is 63.7 Å². The third-order valence-electron chi connectivity index (χ3n) is 3.85. The Morgan fingerprint density at radius 1 is 1.35 bits per heavy atom. The molecule has 0 saturated carbocycles. The van der Waals surface area contributed by atoms with Crippen molar-refractivity contribution in [2.75, 3.05) is 13.2 Å². The number of hydrogen-bond acceptors (Lipinski definition) is 4. The molecule has 5 nitrogen and oxygen atoms in total. The molecule has 122 valence electrons. The van der Waals surface area contributed by atoms with Gasteiger partial charge in [-0.2, -0.15) is 0 Å². The van der Waals surface area contributed by atoms with Crippen molar-refractivity contribution in [2.24, 2.45) is 5.41 Å². The van der Waals surface area contributed by atoms with Crippen LogP contribution in [0.3, 0.4) is 0 Å². The number of benzene rings is 1. The fourth-order valence-corrected chi connectivity index (χ4v) is 2.57. The molecule has 1 fully saturated rings. The second-order valence-electron chi connectivity index (χ2n) is 5.66. The Kier molecular flexibility index (Phi) is 5.21. The first-order valence-corrected chi connectivity index (χ1v) is 7.66. The molecule has 1 aliphatic heterocycles. The first-order valence-electron chi connectivity index (χ1n) is 7.28. The van der Waals surface area contributed by atoms with Gasteiger partial charge in [0.1, 0.15) is 12.0 Å². The number of nitrogens with zero attached hydrogens (tertiary/aromatic N) is 1. The molecule has 1 aromatic rings. The van der Waals surface area contributed by atoms with Crippen LogP contribution < -0.4 is 0 Å². The quantitative estimate of drug-likeness (QED) is 0.482. The number of carbonyl (C=O) groups excluding carboxylic acids is 3. The largest absolute Gasteiger partial charge is 0.459 e. The minimum atomic E-state index is -1.38. The Labute approximate surface area is 139 Å². The van der Waals surface area contributed by atoms with Crippen LogP contribution in [-0.4, -0.2) is 35.8 Å². The lowest BCUT2D eigenvalue weighted by Crippen LogP contribution is -2.53. The average molecular weight is 336 g/mol. The van der Waals surface area contributed by atoms with Crippen LogP contribution in [0, 0.1) is 5.41 Å². The molecule has 0 spiro atoms. The van der Waals surface area contributed by atoms with Gasteiger partial charge < -0.3 is 4.74 Å². The zero-order valence-electron chi connectivity index (χ0n) is 12.9. The fraction of sp³-hybridized carbons (Fsp3) is 0.353. The van der Waals surface area contributed by atoms with Gasteiger partial charge in [0.25, 0.3) is 5.91 Å². The number of imide groups is 1. The molecule has 0 N–H and O–H groups in total. The van der Waals surface area contributed by atoms with Crippen molar-refractivity contribution in [1.29, 1.82) is 0 Å². The maximum absolute atomic E-state index is 12.7. The number of amides is 2. The summed E-state index contributed by atoms with van der Waals surface area (Å²) in [7, 11) is 0. The molecule has 0 radical (unpaired) electrons. The maximum atomic E-state index is 12.7. The van der Waals surface area contributed by atoms with E-state index in [4.69, 9.17) is 16.3 Å². The second-order valence-corrected chi connectivity index (χ2v) is 6.19. The molecule has 0 aliphatic carbocycles. The minimum Gasteiger partial charge on any atom is -0.459 e. The summed E-state index contributed by atoms with van der Waals surface area (Å²) in [6.45, 7) is 5.07. The van der Waals surface area contributed by atoms with E-state index in [1.165, 1.54) is 6.92 Å².